The molecular weight excluding hydrogens is 524 g/mol. The number of hydrogen-bond acceptors (Lipinski definition) is 5. The summed E-state index contributed by atoms with van der Waals surface area (Å²) >= 11 is 13.1. The first kappa shape index (κ1) is 27.4. The van der Waals surface area contributed by atoms with Gasteiger partial charge in [0, 0.05) is 26.2 Å². The molecule has 6 nitrogen and oxygen atoms in total. The van der Waals surface area contributed by atoms with Crippen molar-refractivity contribution >= 4 is 51.6 Å². The quantitative estimate of drug-likeness (QED) is 0.297. The molecule has 0 spiro atoms. The highest BCUT2D eigenvalue weighted by Crippen LogP contribution is 2.38. The van der Waals surface area contributed by atoms with Gasteiger partial charge in [-0.25, -0.2) is 4.98 Å². The van der Waals surface area contributed by atoms with Crippen LogP contribution in [0.15, 0.2) is 24.3 Å². The molecule has 0 radical (unpaired) electrons. The van der Waals surface area contributed by atoms with E-state index in [4.69, 9.17) is 23.2 Å². The number of nitrogens with one attached hydrogen (secondary N) is 3. The lowest BCUT2D eigenvalue weighted by Gasteiger charge is -2.34. The maximum atomic E-state index is 13.1. The van der Waals surface area contributed by atoms with Crippen molar-refractivity contribution in [3.05, 3.63) is 45.4 Å². The number of alkyl halides is 3. The number of imidazole rings is 1. The highest BCUT2D eigenvalue weighted by Gasteiger charge is 2.41. The van der Waals surface area contributed by atoms with Gasteiger partial charge in [0.15, 0.2) is 0 Å². The van der Waals surface area contributed by atoms with Gasteiger partial charge in [0.1, 0.15) is 6.07 Å². The van der Waals surface area contributed by atoms with Crippen LogP contribution >= 0.6 is 23.2 Å². The second-order valence-electron chi connectivity index (χ2n) is 10.6. The van der Waals surface area contributed by atoms with Crippen LogP contribution in [-0.2, 0) is 6.54 Å². The number of aromatic amines is 1. The van der Waals surface area contributed by atoms with E-state index in [9.17, 15) is 18.4 Å². The van der Waals surface area contributed by atoms with Crippen molar-refractivity contribution < 1.29 is 13.2 Å². The predicted octanol–water partition coefficient (Wildman–Crippen LogP) is 7.40. The second-order valence-corrected chi connectivity index (χ2v) is 11.4. The summed E-state index contributed by atoms with van der Waals surface area (Å²) in [5.74, 6) is -0.927. The number of benzene rings is 2. The minimum absolute atomic E-state index is 0.00226. The molecule has 0 saturated carbocycles. The van der Waals surface area contributed by atoms with E-state index in [1.54, 1.807) is 18.2 Å². The molecule has 1 aromatic heterocycles. The normalized spacial score (nSPS) is 15.3. The maximum Gasteiger partial charge on any atom is 0.391 e. The molecule has 0 atom stereocenters. The van der Waals surface area contributed by atoms with Crippen molar-refractivity contribution in [3.8, 4) is 6.07 Å². The summed E-state index contributed by atoms with van der Waals surface area (Å²) in [5.41, 5.74) is 3.65. The van der Waals surface area contributed by atoms with Gasteiger partial charge in [0.05, 0.1) is 43.9 Å². The minimum atomic E-state index is -4.20. The summed E-state index contributed by atoms with van der Waals surface area (Å²) in [7, 11) is 0. The van der Waals surface area contributed by atoms with Crippen LogP contribution in [0, 0.1) is 22.7 Å². The molecule has 3 aromatic rings. The molecule has 3 N–H and O–H groups in total. The van der Waals surface area contributed by atoms with Crippen molar-refractivity contribution in [3.63, 3.8) is 0 Å². The fourth-order valence-electron chi connectivity index (χ4n) is 4.44. The first-order valence-corrected chi connectivity index (χ1v) is 12.8. The highest BCUT2D eigenvalue weighted by molar-refractivity contribution is 6.39. The summed E-state index contributed by atoms with van der Waals surface area (Å²) in [6, 6.07) is 9.20. The molecular formula is C26H29Cl2F3N6. The topological polar surface area (TPSA) is 79.8 Å². The Morgan fingerprint density at radius 2 is 1.86 bits per heavy atom. The van der Waals surface area contributed by atoms with Crippen LogP contribution < -0.4 is 15.5 Å². The number of fused-ring (bicyclic) bond motifs is 1. The fraction of sp³-hybridized carbons (Fsp3) is 0.462. The van der Waals surface area contributed by atoms with Crippen LogP contribution in [0.5, 0.6) is 0 Å². The minimum Gasteiger partial charge on any atom is -0.370 e. The molecule has 198 valence electrons. The van der Waals surface area contributed by atoms with Crippen molar-refractivity contribution in [2.45, 2.75) is 46.3 Å². The van der Waals surface area contributed by atoms with Gasteiger partial charge in [0.25, 0.3) is 0 Å². The summed E-state index contributed by atoms with van der Waals surface area (Å²) in [5, 5.41) is 17.2. The molecule has 37 heavy (non-hydrogen) atoms. The number of halogens is 5. The zero-order valence-corrected chi connectivity index (χ0v) is 22.4. The first-order chi connectivity index (χ1) is 17.4. The van der Waals surface area contributed by atoms with E-state index in [2.05, 4.69) is 47.4 Å². The number of nitrogens with zero attached hydrogens (tertiary/aromatic N) is 3. The zero-order valence-electron chi connectivity index (χ0n) is 20.9. The molecule has 1 saturated heterocycles. The summed E-state index contributed by atoms with van der Waals surface area (Å²) in [6.07, 6.45) is -4.20. The number of rotatable bonds is 6. The van der Waals surface area contributed by atoms with E-state index in [1.165, 1.54) is 0 Å². The standard InChI is InChI=1S/C26H29Cl2F3N6/c1-25(2,3)14-33-13-15-4-5-18(27)23(22(15)28)36-24-34-19-10-16(12-32)21(11-20(19)35-24)37-8-6-17(7-9-37)26(29,30)31/h4-5,10-11,17,33H,6-9,13-14H2,1-3H3,(H2,34,35,36). The average molecular weight is 553 g/mol. The Morgan fingerprint density at radius 1 is 1.16 bits per heavy atom. The van der Waals surface area contributed by atoms with Crippen molar-refractivity contribution in [2.75, 3.05) is 29.9 Å². The molecule has 1 fully saturated rings. The summed E-state index contributed by atoms with van der Waals surface area (Å²) in [6.45, 7) is 8.27. The van der Waals surface area contributed by atoms with E-state index in [0.29, 0.717) is 50.5 Å². The van der Waals surface area contributed by atoms with Crippen LogP contribution in [0.3, 0.4) is 0 Å². The van der Waals surface area contributed by atoms with Crippen LogP contribution in [0.2, 0.25) is 10.0 Å². The van der Waals surface area contributed by atoms with Gasteiger partial charge in [-0.15, -0.1) is 0 Å². The molecule has 2 aromatic carbocycles. The van der Waals surface area contributed by atoms with Gasteiger partial charge in [-0.05, 0) is 42.0 Å². The largest absolute Gasteiger partial charge is 0.391 e. The van der Waals surface area contributed by atoms with Crippen molar-refractivity contribution in [2.24, 2.45) is 11.3 Å². The molecule has 0 bridgehead atoms. The Morgan fingerprint density at radius 3 is 2.49 bits per heavy atom. The van der Waals surface area contributed by atoms with Gasteiger partial charge in [-0.2, -0.15) is 18.4 Å². The Balaban J connectivity index is 1.56. The van der Waals surface area contributed by atoms with Crippen LogP contribution in [0.4, 0.5) is 30.5 Å². The lowest BCUT2D eigenvalue weighted by Crippen LogP contribution is -2.39. The molecule has 0 amide bonds. The third-order valence-corrected chi connectivity index (χ3v) is 7.15. The lowest BCUT2D eigenvalue weighted by atomic mass is 9.95. The number of hydrogen-bond donors (Lipinski definition) is 3. The van der Waals surface area contributed by atoms with Crippen LogP contribution in [0.1, 0.15) is 44.7 Å². The number of piperidine rings is 1. The third-order valence-electron chi connectivity index (χ3n) is 6.40. The molecule has 11 heteroatoms. The fourth-order valence-corrected chi connectivity index (χ4v) is 4.97. The van der Waals surface area contributed by atoms with E-state index >= 15 is 0 Å². The monoisotopic (exact) mass is 552 g/mol. The van der Waals surface area contributed by atoms with Gasteiger partial charge >= 0.3 is 6.18 Å². The SMILES string of the molecule is CC(C)(C)CNCc1ccc(Cl)c(Nc2nc3cc(N4CCC(C(F)(F)F)CC4)c(C#N)cc3[nH]2)c1Cl. The Kier molecular flexibility index (Phi) is 7.84. The van der Waals surface area contributed by atoms with Crippen LogP contribution in [-0.4, -0.2) is 35.8 Å². The summed E-state index contributed by atoms with van der Waals surface area (Å²) in [4.78, 5) is 9.55. The Hall–Kier alpha value is -2.67. The Bertz CT molecular complexity index is 1320. The van der Waals surface area contributed by atoms with E-state index in [-0.39, 0.29) is 31.3 Å². The number of anilines is 3. The number of nitriles is 1. The molecule has 0 unspecified atom stereocenters. The van der Waals surface area contributed by atoms with Crippen molar-refractivity contribution in [1.82, 2.24) is 15.3 Å². The Labute approximate surface area is 224 Å². The highest BCUT2D eigenvalue weighted by atomic mass is 35.5. The van der Waals surface area contributed by atoms with Crippen LogP contribution in [0.25, 0.3) is 11.0 Å². The number of aromatic nitrogens is 2. The predicted molar refractivity (Wildman–Crippen MR) is 143 cm³/mol. The zero-order chi connectivity index (χ0) is 27.0. The molecule has 1 aliphatic rings. The van der Waals surface area contributed by atoms with E-state index in [0.717, 1.165) is 12.1 Å². The molecule has 2 heterocycles. The van der Waals surface area contributed by atoms with Gasteiger partial charge < -0.3 is 20.5 Å². The van der Waals surface area contributed by atoms with E-state index in [1.807, 2.05) is 11.0 Å². The second kappa shape index (κ2) is 10.6. The number of H-pyrrole nitrogens is 1. The van der Waals surface area contributed by atoms with Gasteiger partial charge in [-0.3, -0.25) is 0 Å². The maximum absolute atomic E-state index is 13.1. The lowest BCUT2D eigenvalue weighted by molar-refractivity contribution is -0.179. The smallest absolute Gasteiger partial charge is 0.370 e. The molecule has 4 rings (SSSR count). The third kappa shape index (κ3) is 6.43. The average Bonchev–Trinajstić information content (AvgIpc) is 3.22. The van der Waals surface area contributed by atoms with E-state index < -0.39 is 12.1 Å². The molecule has 1 aliphatic heterocycles. The van der Waals surface area contributed by atoms with Gasteiger partial charge in [-0.1, -0.05) is 50.0 Å². The van der Waals surface area contributed by atoms with Crippen molar-refractivity contribution in [1.29, 1.82) is 5.26 Å². The first-order valence-electron chi connectivity index (χ1n) is 12.1. The summed E-state index contributed by atoms with van der Waals surface area (Å²) < 4.78 is 39.2. The molecule has 0 aliphatic carbocycles. The van der Waals surface area contributed by atoms with Gasteiger partial charge in [0.2, 0.25) is 5.95 Å².